The minimum absolute atomic E-state index is 0.0848. The second kappa shape index (κ2) is 7.47. The maximum atomic E-state index is 12.6. The third-order valence-electron chi connectivity index (χ3n) is 4.27. The van der Waals surface area contributed by atoms with Crippen molar-refractivity contribution in [1.82, 2.24) is 0 Å². The van der Waals surface area contributed by atoms with Crippen LogP contribution < -0.4 is 9.62 Å². The number of nitrogens with zero attached hydrogens (tertiary/aromatic N) is 1. The first-order chi connectivity index (χ1) is 12.3. The van der Waals surface area contributed by atoms with Gasteiger partial charge in [0.2, 0.25) is 10.0 Å². The Kier molecular flexibility index (Phi) is 5.46. The fourth-order valence-electron chi connectivity index (χ4n) is 2.83. The van der Waals surface area contributed by atoms with E-state index in [1.54, 1.807) is 24.3 Å². The van der Waals surface area contributed by atoms with E-state index in [4.69, 9.17) is 23.2 Å². The zero-order valence-electron chi connectivity index (χ0n) is 14.1. The molecule has 8 heteroatoms. The van der Waals surface area contributed by atoms with Crippen LogP contribution in [0.25, 0.3) is 0 Å². The highest BCUT2D eigenvalue weighted by Gasteiger charge is 2.28. The van der Waals surface area contributed by atoms with E-state index in [-0.39, 0.29) is 11.7 Å². The molecule has 0 unspecified atom stereocenters. The summed E-state index contributed by atoms with van der Waals surface area (Å²) in [4.78, 5) is 12.6. The third-order valence-corrected chi connectivity index (χ3v) is 6.68. The largest absolute Gasteiger partial charge is 0.322 e. The second-order valence-electron chi connectivity index (χ2n) is 6.17. The van der Waals surface area contributed by atoms with Crippen LogP contribution in [0.5, 0.6) is 0 Å². The Hall–Kier alpha value is -1.76. The van der Waals surface area contributed by atoms with E-state index in [0.717, 1.165) is 12.0 Å². The van der Waals surface area contributed by atoms with E-state index in [1.807, 2.05) is 13.0 Å². The van der Waals surface area contributed by atoms with Gasteiger partial charge in [0, 0.05) is 22.8 Å². The van der Waals surface area contributed by atoms with Gasteiger partial charge in [-0.25, -0.2) is 8.42 Å². The number of benzene rings is 2. The van der Waals surface area contributed by atoms with Gasteiger partial charge in [0.25, 0.3) is 5.91 Å². The lowest BCUT2D eigenvalue weighted by atomic mass is 10.1. The average molecular weight is 413 g/mol. The lowest BCUT2D eigenvalue weighted by Gasteiger charge is -2.29. The molecule has 1 N–H and O–H groups in total. The molecule has 0 saturated carbocycles. The molecule has 0 atom stereocenters. The van der Waals surface area contributed by atoms with Gasteiger partial charge in [-0.05, 0) is 55.7 Å². The molecule has 0 radical (unpaired) electrons. The van der Waals surface area contributed by atoms with Crippen LogP contribution in [0.3, 0.4) is 0 Å². The van der Waals surface area contributed by atoms with E-state index >= 15 is 0 Å². The van der Waals surface area contributed by atoms with Gasteiger partial charge in [0.05, 0.1) is 16.5 Å². The van der Waals surface area contributed by atoms with E-state index in [1.165, 1.54) is 10.4 Å². The van der Waals surface area contributed by atoms with Crippen molar-refractivity contribution in [3.8, 4) is 0 Å². The number of hydrogen-bond donors (Lipinski definition) is 1. The zero-order chi connectivity index (χ0) is 18.9. The number of nitrogens with one attached hydrogen (secondary N) is 1. The highest BCUT2D eigenvalue weighted by atomic mass is 35.5. The molecule has 1 aliphatic heterocycles. The maximum absolute atomic E-state index is 12.6. The molecule has 0 aliphatic carbocycles. The normalized spacial score (nSPS) is 16.3. The van der Waals surface area contributed by atoms with Crippen LogP contribution in [0.15, 0.2) is 36.4 Å². The average Bonchev–Trinajstić information content (AvgIpc) is 2.58. The summed E-state index contributed by atoms with van der Waals surface area (Å²) < 4.78 is 26.0. The van der Waals surface area contributed by atoms with Crippen molar-refractivity contribution in [2.24, 2.45) is 0 Å². The molecule has 0 aromatic heterocycles. The standard InChI is InChI=1S/C18H18Cl2N2O3S/c1-12-4-6-14(19)11-16(12)21-18(23)13-5-7-15(20)17(10-13)22-8-2-3-9-26(22,24)25/h4-7,10-11H,2-3,8-9H2,1H3,(H,21,23). The number of halogens is 2. The molecule has 26 heavy (non-hydrogen) atoms. The Morgan fingerprint density at radius 3 is 2.62 bits per heavy atom. The van der Waals surface area contributed by atoms with Crippen molar-refractivity contribution in [3.05, 3.63) is 57.6 Å². The van der Waals surface area contributed by atoms with Gasteiger partial charge in [0.15, 0.2) is 0 Å². The Balaban J connectivity index is 1.92. The van der Waals surface area contributed by atoms with Crippen molar-refractivity contribution in [1.29, 1.82) is 0 Å². The molecule has 5 nitrogen and oxygen atoms in total. The first-order valence-corrected chi connectivity index (χ1v) is 10.5. The summed E-state index contributed by atoms with van der Waals surface area (Å²) in [6, 6.07) is 9.85. The molecule has 1 saturated heterocycles. The highest BCUT2D eigenvalue weighted by molar-refractivity contribution is 7.92. The number of anilines is 2. The lowest BCUT2D eigenvalue weighted by Crippen LogP contribution is -2.38. The Labute approximate surface area is 163 Å². The molecule has 0 spiro atoms. The van der Waals surface area contributed by atoms with Crippen LogP contribution in [0, 0.1) is 6.92 Å². The quantitative estimate of drug-likeness (QED) is 0.807. The summed E-state index contributed by atoms with van der Waals surface area (Å²) in [5.41, 5.74) is 2.13. The smallest absolute Gasteiger partial charge is 0.255 e. The fourth-order valence-corrected chi connectivity index (χ4v) is 4.92. The Bertz CT molecular complexity index is 961. The summed E-state index contributed by atoms with van der Waals surface area (Å²) in [5.74, 6) is -0.274. The SMILES string of the molecule is Cc1ccc(Cl)cc1NC(=O)c1ccc(Cl)c(N2CCCCS2(=O)=O)c1. The minimum Gasteiger partial charge on any atom is -0.322 e. The number of carbonyl (C=O) groups is 1. The van der Waals surface area contributed by atoms with Crippen molar-refractivity contribution in [2.75, 3.05) is 21.9 Å². The molecule has 2 aromatic carbocycles. The Morgan fingerprint density at radius 2 is 1.88 bits per heavy atom. The molecule has 0 bridgehead atoms. The number of carbonyl (C=O) groups excluding carboxylic acids is 1. The number of hydrogen-bond acceptors (Lipinski definition) is 3. The lowest BCUT2D eigenvalue weighted by molar-refractivity contribution is 0.102. The van der Waals surface area contributed by atoms with Crippen LogP contribution in [0.4, 0.5) is 11.4 Å². The van der Waals surface area contributed by atoms with Gasteiger partial charge >= 0.3 is 0 Å². The van der Waals surface area contributed by atoms with Crippen LogP contribution in [-0.2, 0) is 10.0 Å². The predicted octanol–water partition coefficient (Wildman–Crippen LogP) is 4.48. The molecule has 138 valence electrons. The molecule has 1 amide bonds. The van der Waals surface area contributed by atoms with Crippen LogP contribution in [0.1, 0.15) is 28.8 Å². The highest BCUT2D eigenvalue weighted by Crippen LogP contribution is 2.32. The molecular weight excluding hydrogens is 395 g/mol. The van der Waals surface area contributed by atoms with E-state index in [9.17, 15) is 13.2 Å². The molecule has 3 rings (SSSR count). The van der Waals surface area contributed by atoms with Crippen LogP contribution >= 0.6 is 23.2 Å². The minimum atomic E-state index is -3.41. The summed E-state index contributed by atoms with van der Waals surface area (Å²) in [7, 11) is -3.41. The summed E-state index contributed by atoms with van der Waals surface area (Å²) >= 11 is 12.2. The first-order valence-electron chi connectivity index (χ1n) is 8.15. The van der Waals surface area contributed by atoms with Gasteiger partial charge in [-0.15, -0.1) is 0 Å². The monoisotopic (exact) mass is 412 g/mol. The summed E-state index contributed by atoms with van der Waals surface area (Å²) in [6.07, 6.45) is 1.39. The van der Waals surface area contributed by atoms with Crippen LogP contribution in [-0.4, -0.2) is 26.6 Å². The van der Waals surface area contributed by atoms with Crippen molar-refractivity contribution in [3.63, 3.8) is 0 Å². The van der Waals surface area contributed by atoms with E-state index in [2.05, 4.69) is 5.32 Å². The van der Waals surface area contributed by atoms with Gasteiger partial charge in [0.1, 0.15) is 0 Å². The zero-order valence-corrected chi connectivity index (χ0v) is 16.5. The summed E-state index contributed by atoms with van der Waals surface area (Å²) in [5, 5.41) is 3.62. The molecule has 1 aliphatic rings. The van der Waals surface area contributed by atoms with Gasteiger partial charge in [-0.1, -0.05) is 29.3 Å². The van der Waals surface area contributed by atoms with Crippen molar-refractivity contribution >= 4 is 50.5 Å². The molecule has 1 fully saturated rings. The van der Waals surface area contributed by atoms with Gasteiger partial charge in [-0.3, -0.25) is 9.10 Å². The molecule has 2 aromatic rings. The fraction of sp³-hybridized carbons (Fsp3) is 0.278. The van der Waals surface area contributed by atoms with E-state index < -0.39 is 10.0 Å². The predicted molar refractivity (Wildman–Crippen MR) is 106 cm³/mol. The van der Waals surface area contributed by atoms with Gasteiger partial charge < -0.3 is 5.32 Å². The molecular formula is C18H18Cl2N2O3S. The number of sulfonamides is 1. The molecule has 1 heterocycles. The van der Waals surface area contributed by atoms with Crippen molar-refractivity contribution in [2.45, 2.75) is 19.8 Å². The topological polar surface area (TPSA) is 66.5 Å². The Morgan fingerprint density at radius 1 is 1.12 bits per heavy atom. The number of rotatable bonds is 3. The maximum Gasteiger partial charge on any atom is 0.255 e. The second-order valence-corrected chi connectivity index (χ2v) is 9.03. The number of amides is 1. The first kappa shape index (κ1) is 19.0. The summed E-state index contributed by atoms with van der Waals surface area (Å²) in [6.45, 7) is 2.22. The van der Waals surface area contributed by atoms with Crippen LogP contribution in [0.2, 0.25) is 10.0 Å². The van der Waals surface area contributed by atoms with Crippen molar-refractivity contribution < 1.29 is 13.2 Å². The number of aryl methyl sites for hydroxylation is 1. The van der Waals surface area contributed by atoms with Gasteiger partial charge in [-0.2, -0.15) is 0 Å². The third kappa shape index (κ3) is 3.98. The van der Waals surface area contributed by atoms with E-state index in [0.29, 0.717) is 39.9 Å².